The lowest BCUT2D eigenvalue weighted by Crippen LogP contribution is -2.29. The number of thioether (sulfide) groups is 1. The molecule has 0 unspecified atom stereocenters. The Bertz CT molecular complexity index is 1430. The monoisotopic (exact) mass is 543 g/mol. The van der Waals surface area contributed by atoms with Crippen molar-refractivity contribution < 1.29 is 14.3 Å². The van der Waals surface area contributed by atoms with Gasteiger partial charge < -0.3 is 15.4 Å². The fourth-order valence-electron chi connectivity index (χ4n) is 4.12. The first kappa shape index (κ1) is 27.1. The van der Waals surface area contributed by atoms with Crippen LogP contribution in [0.15, 0.2) is 95.0 Å². The summed E-state index contributed by atoms with van der Waals surface area (Å²) in [5.41, 5.74) is 4.44. The van der Waals surface area contributed by atoms with E-state index in [9.17, 15) is 14.9 Å². The number of hydrogen-bond donors (Lipinski definition) is 2. The Morgan fingerprint density at radius 3 is 2.37 bits per heavy atom. The zero-order valence-electron chi connectivity index (χ0n) is 21.0. The van der Waals surface area contributed by atoms with E-state index >= 15 is 0 Å². The van der Waals surface area contributed by atoms with Crippen LogP contribution in [-0.4, -0.2) is 24.2 Å². The zero-order chi connectivity index (χ0) is 27.1. The summed E-state index contributed by atoms with van der Waals surface area (Å²) in [6.07, 6.45) is 0. The second kappa shape index (κ2) is 12.5. The average Bonchev–Trinajstić information content (AvgIpc) is 2.93. The molecule has 192 valence electrons. The van der Waals surface area contributed by atoms with Gasteiger partial charge in [-0.1, -0.05) is 83.5 Å². The lowest BCUT2D eigenvalue weighted by Gasteiger charge is -2.30. The number of hydrogen-bond acceptors (Lipinski definition) is 6. The number of esters is 1. The molecule has 3 aromatic carbocycles. The third-order valence-electron chi connectivity index (χ3n) is 5.89. The third kappa shape index (κ3) is 6.28. The number of dihydropyridines is 1. The van der Waals surface area contributed by atoms with Crippen LogP contribution in [0.2, 0.25) is 5.02 Å². The Labute approximate surface area is 231 Å². The molecule has 0 spiro atoms. The molecule has 4 rings (SSSR count). The lowest BCUT2D eigenvalue weighted by molar-refractivity contribution is -0.138. The van der Waals surface area contributed by atoms with Crippen LogP contribution < -0.4 is 10.6 Å². The molecule has 0 saturated carbocycles. The van der Waals surface area contributed by atoms with Crippen molar-refractivity contribution in [1.82, 2.24) is 5.32 Å². The summed E-state index contributed by atoms with van der Waals surface area (Å²) in [6.45, 7) is 3.90. The van der Waals surface area contributed by atoms with Crippen LogP contribution in [-0.2, 0) is 14.3 Å². The van der Waals surface area contributed by atoms with E-state index in [2.05, 4.69) is 16.7 Å². The maximum absolute atomic E-state index is 13.3. The van der Waals surface area contributed by atoms with E-state index in [-0.39, 0.29) is 18.3 Å². The summed E-state index contributed by atoms with van der Waals surface area (Å²) in [7, 11) is 0. The number of carbonyl (C=O) groups is 2. The molecule has 0 aliphatic carbocycles. The smallest absolute Gasteiger partial charge is 0.337 e. The van der Waals surface area contributed by atoms with Crippen molar-refractivity contribution in [3.63, 3.8) is 0 Å². The second-order valence-corrected chi connectivity index (χ2v) is 9.96. The molecule has 1 aliphatic rings. The van der Waals surface area contributed by atoms with Crippen LogP contribution in [0.3, 0.4) is 0 Å². The van der Waals surface area contributed by atoms with Crippen molar-refractivity contribution in [2.24, 2.45) is 0 Å². The number of aryl methyl sites for hydroxylation is 1. The standard InChI is InChI=1S/C30H26ClN3O3S/c1-3-37-30(36)27-26(20-11-13-22(31)14-12-20)24(17-32)29(34-28(27)21-7-5-4-6-8-21)38-18-25(35)33-23-15-9-19(2)10-16-23/h4-16,26,34H,3,18H2,1-2H3,(H,33,35)/t26-/m1/s1. The molecule has 1 aliphatic heterocycles. The number of halogens is 1. The SMILES string of the molecule is CCOC(=O)C1=C(c2ccccc2)NC(SCC(=O)Nc2ccc(C)cc2)=C(C#N)[C@H]1c1ccc(Cl)cc1. The van der Waals surface area contributed by atoms with Gasteiger partial charge in [-0.3, -0.25) is 4.79 Å². The number of allylic oxidation sites excluding steroid dienone is 1. The highest BCUT2D eigenvalue weighted by molar-refractivity contribution is 8.03. The number of carbonyl (C=O) groups excluding carboxylic acids is 2. The summed E-state index contributed by atoms with van der Waals surface area (Å²) < 4.78 is 5.44. The molecule has 0 aromatic heterocycles. The van der Waals surface area contributed by atoms with E-state index in [0.29, 0.717) is 38.1 Å². The molecular formula is C30H26ClN3O3S. The van der Waals surface area contributed by atoms with Gasteiger partial charge in [0, 0.05) is 10.7 Å². The number of nitrogens with one attached hydrogen (secondary N) is 2. The van der Waals surface area contributed by atoms with Gasteiger partial charge in [-0.05, 0) is 49.2 Å². The van der Waals surface area contributed by atoms with Crippen molar-refractivity contribution in [3.8, 4) is 6.07 Å². The Morgan fingerprint density at radius 1 is 1.05 bits per heavy atom. The van der Waals surface area contributed by atoms with Crippen LogP contribution >= 0.6 is 23.4 Å². The molecule has 0 radical (unpaired) electrons. The van der Waals surface area contributed by atoms with Crippen LogP contribution in [0.5, 0.6) is 0 Å². The van der Waals surface area contributed by atoms with Crippen molar-refractivity contribution in [3.05, 3.63) is 117 Å². The minimum atomic E-state index is -0.713. The van der Waals surface area contributed by atoms with Gasteiger partial charge in [-0.2, -0.15) is 5.26 Å². The third-order valence-corrected chi connectivity index (χ3v) is 7.16. The summed E-state index contributed by atoms with van der Waals surface area (Å²) in [6, 6.07) is 26.2. The van der Waals surface area contributed by atoms with Crippen LogP contribution in [0.1, 0.15) is 29.5 Å². The number of rotatable bonds is 8. The first-order valence-corrected chi connectivity index (χ1v) is 13.4. The summed E-state index contributed by atoms with van der Waals surface area (Å²) in [5, 5.41) is 17.5. The van der Waals surface area contributed by atoms with Gasteiger partial charge in [-0.25, -0.2) is 4.79 Å². The molecule has 2 N–H and O–H groups in total. The Balaban J connectivity index is 1.75. The van der Waals surface area contributed by atoms with Crippen LogP contribution in [0, 0.1) is 18.3 Å². The van der Waals surface area contributed by atoms with Crippen molar-refractivity contribution in [2.75, 3.05) is 17.7 Å². The van der Waals surface area contributed by atoms with E-state index in [0.717, 1.165) is 11.1 Å². The quantitative estimate of drug-likeness (QED) is 0.319. The molecule has 1 heterocycles. The zero-order valence-corrected chi connectivity index (χ0v) is 22.5. The summed E-state index contributed by atoms with van der Waals surface area (Å²) in [5.74, 6) is -1.39. The molecule has 6 nitrogen and oxygen atoms in total. The molecule has 0 saturated heterocycles. The van der Waals surface area contributed by atoms with E-state index in [1.807, 2.05) is 61.5 Å². The molecule has 38 heavy (non-hydrogen) atoms. The number of ether oxygens (including phenoxy) is 1. The van der Waals surface area contributed by atoms with Gasteiger partial charge >= 0.3 is 5.97 Å². The number of benzene rings is 3. The minimum Gasteiger partial charge on any atom is -0.463 e. The van der Waals surface area contributed by atoms with Gasteiger partial charge in [0.05, 0.1) is 46.2 Å². The summed E-state index contributed by atoms with van der Waals surface area (Å²) >= 11 is 7.35. The van der Waals surface area contributed by atoms with Gasteiger partial charge in [0.25, 0.3) is 0 Å². The number of nitriles is 1. The predicted octanol–water partition coefficient (Wildman–Crippen LogP) is 6.42. The van der Waals surface area contributed by atoms with Crippen molar-refractivity contribution in [1.29, 1.82) is 5.26 Å². The highest BCUT2D eigenvalue weighted by Gasteiger charge is 2.37. The summed E-state index contributed by atoms with van der Waals surface area (Å²) in [4.78, 5) is 26.1. The molecule has 1 amide bonds. The first-order valence-electron chi connectivity index (χ1n) is 12.0. The molecule has 0 fully saturated rings. The fourth-order valence-corrected chi connectivity index (χ4v) is 5.09. The van der Waals surface area contributed by atoms with E-state index < -0.39 is 11.9 Å². The van der Waals surface area contributed by atoms with Gasteiger partial charge in [0.1, 0.15) is 0 Å². The van der Waals surface area contributed by atoms with Gasteiger partial charge in [0.2, 0.25) is 5.91 Å². The normalized spacial score (nSPS) is 14.9. The maximum atomic E-state index is 13.3. The topological polar surface area (TPSA) is 91.2 Å². The lowest BCUT2D eigenvalue weighted by atomic mass is 9.81. The van der Waals surface area contributed by atoms with Crippen LogP contribution in [0.25, 0.3) is 5.70 Å². The average molecular weight is 544 g/mol. The Morgan fingerprint density at radius 2 is 1.74 bits per heavy atom. The number of anilines is 1. The van der Waals surface area contributed by atoms with Gasteiger partial charge in [-0.15, -0.1) is 0 Å². The number of nitrogens with zero attached hydrogens (tertiary/aromatic N) is 1. The highest BCUT2D eigenvalue weighted by atomic mass is 35.5. The van der Waals surface area contributed by atoms with E-state index in [4.69, 9.17) is 16.3 Å². The predicted molar refractivity (Wildman–Crippen MR) is 152 cm³/mol. The molecule has 8 heteroatoms. The number of amides is 1. The fraction of sp³-hybridized carbons (Fsp3) is 0.167. The Kier molecular flexibility index (Phi) is 8.90. The molecule has 3 aromatic rings. The van der Waals surface area contributed by atoms with Gasteiger partial charge in [0.15, 0.2) is 0 Å². The molecule has 0 bridgehead atoms. The minimum absolute atomic E-state index is 0.0610. The second-order valence-electron chi connectivity index (χ2n) is 8.54. The molecular weight excluding hydrogens is 518 g/mol. The first-order chi connectivity index (χ1) is 18.4. The maximum Gasteiger partial charge on any atom is 0.337 e. The van der Waals surface area contributed by atoms with Crippen molar-refractivity contribution >= 4 is 46.6 Å². The molecule has 1 atom stereocenters. The van der Waals surface area contributed by atoms with E-state index in [1.165, 1.54) is 11.8 Å². The van der Waals surface area contributed by atoms with Crippen molar-refractivity contribution in [2.45, 2.75) is 19.8 Å². The van der Waals surface area contributed by atoms with E-state index in [1.54, 1.807) is 31.2 Å². The van der Waals surface area contributed by atoms with Crippen LogP contribution in [0.4, 0.5) is 5.69 Å². The highest BCUT2D eigenvalue weighted by Crippen LogP contribution is 2.43. The Hall–Kier alpha value is -3.99. The largest absolute Gasteiger partial charge is 0.463 e.